The Morgan fingerprint density at radius 2 is 2.00 bits per heavy atom. The highest BCUT2D eigenvalue weighted by molar-refractivity contribution is 7.99. The van der Waals surface area contributed by atoms with Gasteiger partial charge in [0.25, 0.3) is 0 Å². The van der Waals surface area contributed by atoms with Gasteiger partial charge in [0.15, 0.2) is 5.78 Å². The number of thioether (sulfide) groups is 1. The minimum atomic E-state index is -3.43. The van der Waals surface area contributed by atoms with E-state index in [2.05, 4.69) is 11.4 Å². The number of nitrogens with one attached hydrogen (secondary N) is 1. The van der Waals surface area contributed by atoms with Gasteiger partial charge in [0.05, 0.1) is 10.6 Å². The smallest absolute Gasteiger partial charge is 0.242 e. The molecule has 1 N–H and O–H groups in total. The molecule has 1 aromatic carbocycles. The van der Waals surface area contributed by atoms with E-state index in [0.29, 0.717) is 23.2 Å². The van der Waals surface area contributed by atoms with Crippen LogP contribution in [0.1, 0.15) is 32.1 Å². The summed E-state index contributed by atoms with van der Waals surface area (Å²) < 4.78 is 26.3. The third-order valence-electron chi connectivity index (χ3n) is 5.26. The highest BCUT2D eigenvalue weighted by atomic mass is 32.2. The topological polar surface area (TPSA) is 66.5 Å². The molecule has 0 saturated carbocycles. The van der Waals surface area contributed by atoms with Crippen molar-refractivity contribution in [2.24, 2.45) is 0 Å². The Balaban J connectivity index is 1.40. The number of sulfonamides is 1. The molecule has 2 aliphatic rings. The molecule has 0 amide bonds. The van der Waals surface area contributed by atoms with E-state index in [1.165, 1.54) is 10.7 Å². The third-order valence-corrected chi connectivity index (χ3v) is 8.18. The number of allylic oxidation sites excluding steroid dienone is 1. The molecule has 27 heavy (non-hydrogen) atoms. The van der Waals surface area contributed by atoms with Gasteiger partial charge < -0.3 is 5.32 Å². The van der Waals surface area contributed by atoms with Gasteiger partial charge in [0, 0.05) is 31.2 Å². The molecule has 0 aliphatic carbocycles. The largest absolute Gasteiger partial charge is 0.307 e. The Bertz CT molecular complexity index is 778. The Morgan fingerprint density at radius 3 is 2.78 bits per heavy atom. The Labute approximate surface area is 166 Å². The average Bonchev–Trinajstić information content (AvgIpc) is 3.02. The molecule has 0 radical (unpaired) electrons. The summed E-state index contributed by atoms with van der Waals surface area (Å²) in [7, 11) is -1.82. The van der Waals surface area contributed by atoms with Crippen LogP contribution in [0.4, 0.5) is 0 Å². The number of hydrogen-bond donors (Lipinski definition) is 1. The molecule has 2 atom stereocenters. The van der Waals surface area contributed by atoms with Crippen LogP contribution < -0.4 is 5.32 Å². The van der Waals surface area contributed by atoms with Gasteiger partial charge in [-0.2, -0.15) is 11.8 Å². The van der Waals surface area contributed by atoms with Gasteiger partial charge in [0.2, 0.25) is 10.0 Å². The van der Waals surface area contributed by atoms with Crippen molar-refractivity contribution in [2.75, 3.05) is 25.1 Å². The Morgan fingerprint density at radius 1 is 1.22 bits per heavy atom. The van der Waals surface area contributed by atoms with Gasteiger partial charge in [-0.15, -0.1) is 0 Å². The number of carbonyl (C=O) groups is 1. The van der Waals surface area contributed by atoms with Crippen LogP contribution in [0.5, 0.6) is 0 Å². The maximum Gasteiger partial charge on any atom is 0.242 e. The number of rotatable bonds is 9. The second kappa shape index (κ2) is 9.37. The monoisotopic (exact) mass is 408 g/mol. The highest BCUT2D eigenvalue weighted by Crippen LogP contribution is 2.27. The van der Waals surface area contributed by atoms with E-state index in [4.69, 9.17) is 0 Å². The summed E-state index contributed by atoms with van der Waals surface area (Å²) in [4.78, 5) is 12.9. The van der Waals surface area contributed by atoms with Crippen LogP contribution in [0.3, 0.4) is 0 Å². The molecule has 148 valence electrons. The summed E-state index contributed by atoms with van der Waals surface area (Å²) in [6.07, 6.45) is 7.20. The van der Waals surface area contributed by atoms with Gasteiger partial charge in [-0.1, -0.05) is 24.3 Å². The molecule has 5 nitrogen and oxygen atoms in total. The normalized spacial score (nSPS) is 22.5. The standard InChI is InChI=1S/C20H28N2O3S2/c1-22(27(24,25)17-8-3-2-4-9-17)13-6-14-26-15-20(23)18-10-5-7-16-11-12-19(18)21-16/h2-4,8-10,16,19,21H,5-7,11-15H2,1H3/t16-,19?/m0/s1. The van der Waals surface area contributed by atoms with E-state index in [9.17, 15) is 13.2 Å². The summed E-state index contributed by atoms with van der Waals surface area (Å²) in [6, 6.07) is 9.30. The van der Waals surface area contributed by atoms with Crippen LogP contribution in [0, 0.1) is 0 Å². The first-order valence-corrected chi connectivity index (χ1v) is 12.2. The summed E-state index contributed by atoms with van der Waals surface area (Å²) >= 11 is 1.60. The molecule has 2 aliphatic heterocycles. The fourth-order valence-corrected chi connectivity index (χ4v) is 5.77. The quantitative estimate of drug-likeness (QED) is 0.637. The molecule has 2 heterocycles. The van der Waals surface area contributed by atoms with Gasteiger partial charge in [0.1, 0.15) is 0 Å². The van der Waals surface area contributed by atoms with E-state index in [1.807, 2.05) is 0 Å². The maximum atomic E-state index is 12.5. The first kappa shape index (κ1) is 20.6. The fourth-order valence-electron chi connectivity index (χ4n) is 3.71. The number of carbonyl (C=O) groups excluding carboxylic acids is 1. The summed E-state index contributed by atoms with van der Waals surface area (Å²) in [5.41, 5.74) is 0.964. The van der Waals surface area contributed by atoms with Crippen molar-refractivity contribution in [1.29, 1.82) is 0 Å². The molecular weight excluding hydrogens is 380 g/mol. The first-order valence-electron chi connectivity index (χ1n) is 9.57. The lowest BCUT2D eigenvalue weighted by atomic mass is 9.97. The zero-order valence-electron chi connectivity index (χ0n) is 15.8. The Hall–Kier alpha value is -1.15. The molecule has 1 fully saturated rings. The van der Waals surface area contributed by atoms with Crippen LogP contribution in [0.2, 0.25) is 0 Å². The van der Waals surface area contributed by atoms with E-state index in [0.717, 1.165) is 37.0 Å². The minimum absolute atomic E-state index is 0.227. The predicted octanol–water partition coefficient (Wildman–Crippen LogP) is 2.84. The van der Waals surface area contributed by atoms with Crippen molar-refractivity contribution in [1.82, 2.24) is 9.62 Å². The van der Waals surface area contributed by atoms with E-state index in [1.54, 1.807) is 49.1 Å². The van der Waals surface area contributed by atoms with E-state index >= 15 is 0 Å². The molecule has 2 bridgehead atoms. The van der Waals surface area contributed by atoms with Crippen LogP contribution in [0.25, 0.3) is 0 Å². The molecular formula is C20H28N2O3S2. The van der Waals surface area contributed by atoms with Gasteiger partial charge >= 0.3 is 0 Å². The molecule has 1 saturated heterocycles. The number of fused-ring (bicyclic) bond motifs is 2. The van der Waals surface area contributed by atoms with Crippen molar-refractivity contribution in [3.05, 3.63) is 42.0 Å². The molecule has 1 unspecified atom stereocenters. The van der Waals surface area contributed by atoms with Crippen LogP contribution in [0.15, 0.2) is 46.9 Å². The lowest BCUT2D eigenvalue weighted by molar-refractivity contribution is -0.113. The fraction of sp³-hybridized carbons (Fsp3) is 0.550. The summed E-state index contributed by atoms with van der Waals surface area (Å²) in [5.74, 6) is 1.48. The zero-order valence-corrected chi connectivity index (χ0v) is 17.4. The van der Waals surface area contributed by atoms with Crippen molar-refractivity contribution in [3.63, 3.8) is 0 Å². The van der Waals surface area contributed by atoms with E-state index < -0.39 is 10.0 Å². The molecule has 0 spiro atoms. The molecule has 1 aromatic rings. The minimum Gasteiger partial charge on any atom is -0.307 e. The first-order chi connectivity index (χ1) is 13.0. The highest BCUT2D eigenvalue weighted by Gasteiger charge is 2.31. The summed E-state index contributed by atoms with van der Waals surface area (Å²) in [5, 5.41) is 3.56. The molecule has 0 aromatic heterocycles. The zero-order chi connectivity index (χ0) is 19.3. The molecule has 3 rings (SSSR count). The Kier molecular flexibility index (Phi) is 7.14. The number of hydrogen-bond acceptors (Lipinski definition) is 5. The van der Waals surface area contributed by atoms with Crippen LogP contribution >= 0.6 is 11.8 Å². The average molecular weight is 409 g/mol. The number of ketones is 1. The lowest BCUT2D eigenvalue weighted by Crippen LogP contribution is -2.32. The van der Waals surface area contributed by atoms with Crippen molar-refractivity contribution >= 4 is 27.6 Å². The second-order valence-electron chi connectivity index (χ2n) is 7.20. The van der Waals surface area contributed by atoms with E-state index in [-0.39, 0.29) is 11.8 Å². The molecule has 7 heteroatoms. The second-order valence-corrected chi connectivity index (χ2v) is 10.3. The number of benzene rings is 1. The van der Waals surface area contributed by atoms with Crippen LogP contribution in [-0.4, -0.2) is 55.7 Å². The third kappa shape index (κ3) is 5.22. The van der Waals surface area contributed by atoms with Crippen molar-refractivity contribution < 1.29 is 13.2 Å². The van der Waals surface area contributed by atoms with Gasteiger partial charge in [-0.05, 0) is 50.0 Å². The predicted molar refractivity (Wildman–Crippen MR) is 110 cm³/mol. The SMILES string of the molecule is CN(CCCSCC(=O)C1=CCC[C@H]2CCC1N2)S(=O)(=O)c1ccccc1. The number of nitrogens with zero attached hydrogens (tertiary/aromatic N) is 1. The van der Waals surface area contributed by atoms with Gasteiger partial charge in [-0.25, -0.2) is 12.7 Å². The van der Waals surface area contributed by atoms with Gasteiger partial charge in [-0.3, -0.25) is 4.79 Å². The number of Topliss-reactive ketones (excluding diaryl/α,β-unsaturated/α-hetero) is 1. The van der Waals surface area contributed by atoms with Crippen molar-refractivity contribution in [2.45, 2.75) is 49.1 Å². The van der Waals surface area contributed by atoms with Crippen molar-refractivity contribution in [3.8, 4) is 0 Å². The maximum absolute atomic E-state index is 12.5. The summed E-state index contributed by atoms with van der Waals surface area (Å²) in [6.45, 7) is 0.451. The lowest BCUT2D eigenvalue weighted by Gasteiger charge is -2.17. The van der Waals surface area contributed by atoms with Crippen LogP contribution in [-0.2, 0) is 14.8 Å².